The fourth-order valence-electron chi connectivity index (χ4n) is 2.89. The Kier molecular flexibility index (Phi) is 4.26. The zero-order chi connectivity index (χ0) is 14.7. The smallest absolute Gasteiger partial charge is 0.122 e. The molecule has 0 saturated carbocycles. The van der Waals surface area contributed by atoms with Gasteiger partial charge in [-0.15, -0.1) is 0 Å². The van der Waals surface area contributed by atoms with Crippen LogP contribution in [-0.4, -0.2) is 13.2 Å². The lowest BCUT2D eigenvalue weighted by Crippen LogP contribution is -2.21. The Bertz CT molecular complexity index is 621. The highest BCUT2D eigenvalue weighted by Crippen LogP contribution is 2.26. The molecule has 0 aromatic heterocycles. The third kappa shape index (κ3) is 3.45. The molecule has 0 saturated heterocycles. The van der Waals surface area contributed by atoms with E-state index in [1.54, 1.807) is 0 Å². The Labute approximate surface area is 127 Å². The standard InChI is InChI=1S/C19H23NO/c1-14-4-3-5-17(12-14)15(2)20-10-8-16-6-7-19-18(13-16)9-11-21-19/h3-7,12-13,15,20H,8-11H2,1-2H3/t15-/m0/s1. The van der Waals surface area contributed by atoms with Crippen LogP contribution in [0.5, 0.6) is 5.75 Å². The summed E-state index contributed by atoms with van der Waals surface area (Å²) in [6.45, 7) is 6.20. The first-order valence-corrected chi connectivity index (χ1v) is 7.77. The maximum absolute atomic E-state index is 5.55. The van der Waals surface area contributed by atoms with Crippen LogP contribution in [0.25, 0.3) is 0 Å². The Hall–Kier alpha value is -1.80. The van der Waals surface area contributed by atoms with Gasteiger partial charge in [-0.05, 0) is 49.6 Å². The summed E-state index contributed by atoms with van der Waals surface area (Å²) in [4.78, 5) is 0. The van der Waals surface area contributed by atoms with Crippen molar-refractivity contribution in [1.29, 1.82) is 0 Å². The minimum Gasteiger partial charge on any atom is -0.493 e. The van der Waals surface area contributed by atoms with Crippen molar-refractivity contribution in [2.24, 2.45) is 0 Å². The second kappa shape index (κ2) is 6.31. The van der Waals surface area contributed by atoms with Gasteiger partial charge in [0.15, 0.2) is 0 Å². The van der Waals surface area contributed by atoms with Gasteiger partial charge < -0.3 is 10.1 Å². The highest BCUT2D eigenvalue weighted by Gasteiger charge is 2.12. The van der Waals surface area contributed by atoms with Gasteiger partial charge in [-0.1, -0.05) is 42.0 Å². The summed E-state index contributed by atoms with van der Waals surface area (Å²) in [5.74, 6) is 1.07. The molecule has 21 heavy (non-hydrogen) atoms. The molecular weight excluding hydrogens is 258 g/mol. The molecule has 0 bridgehead atoms. The van der Waals surface area contributed by atoms with Crippen molar-refractivity contribution in [3.05, 3.63) is 64.7 Å². The average molecular weight is 281 g/mol. The molecule has 0 aliphatic carbocycles. The third-order valence-electron chi connectivity index (χ3n) is 4.16. The zero-order valence-electron chi connectivity index (χ0n) is 12.9. The second-order valence-corrected chi connectivity index (χ2v) is 5.88. The minimum atomic E-state index is 0.391. The van der Waals surface area contributed by atoms with Gasteiger partial charge in [0.25, 0.3) is 0 Å². The maximum atomic E-state index is 5.55. The van der Waals surface area contributed by atoms with Crippen molar-refractivity contribution in [3.8, 4) is 5.75 Å². The first-order valence-electron chi connectivity index (χ1n) is 7.77. The number of nitrogens with one attached hydrogen (secondary N) is 1. The third-order valence-corrected chi connectivity index (χ3v) is 4.16. The molecule has 0 fully saturated rings. The molecule has 110 valence electrons. The van der Waals surface area contributed by atoms with Crippen molar-refractivity contribution >= 4 is 0 Å². The van der Waals surface area contributed by atoms with E-state index in [2.05, 4.69) is 61.6 Å². The number of aryl methyl sites for hydroxylation is 1. The van der Waals surface area contributed by atoms with E-state index < -0.39 is 0 Å². The molecule has 1 N–H and O–H groups in total. The van der Waals surface area contributed by atoms with Gasteiger partial charge in [0.05, 0.1) is 6.61 Å². The number of fused-ring (bicyclic) bond motifs is 1. The van der Waals surface area contributed by atoms with Crippen molar-refractivity contribution in [2.45, 2.75) is 32.7 Å². The van der Waals surface area contributed by atoms with Gasteiger partial charge in [-0.3, -0.25) is 0 Å². The minimum absolute atomic E-state index is 0.391. The van der Waals surface area contributed by atoms with Crippen LogP contribution in [0, 0.1) is 6.92 Å². The van der Waals surface area contributed by atoms with E-state index in [9.17, 15) is 0 Å². The van der Waals surface area contributed by atoms with Crippen LogP contribution >= 0.6 is 0 Å². The van der Waals surface area contributed by atoms with Gasteiger partial charge >= 0.3 is 0 Å². The first-order chi connectivity index (χ1) is 10.2. The largest absolute Gasteiger partial charge is 0.493 e. The highest BCUT2D eigenvalue weighted by atomic mass is 16.5. The average Bonchev–Trinajstić information content (AvgIpc) is 2.94. The molecule has 3 rings (SSSR count). The summed E-state index contributed by atoms with van der Waals surface area (Å²) >= 11 is 0. The monoisotopic (exact) mass is 281 g/mol. The van der Waals surface area contributed by atoms with Gasteiger partial charge in [0.1, 0.15) is 5.75 Å². The van der Waals surface area contributed by atoms with E-state index in [-0.39, 0.29) is 0 Å². The Morgan fingerprint density at radius 1 is 1.19 bits per heavy atom. The summed E-state index contributed by atoms with van der Waals surface area (Å²) in [5, 5.41) is 3.61. The van der Waals surface area contributed by atoms with Crippen molar-refractivity contribution in [3.63, 3.8) is 0 Å². The molecule has 1 aliphatic rings. The van der Waals surface area contributed by atoms with E-state index in [1.165, 1.54) is 22.3 Å². The normalized spacial score (nSPS) is 14.6. The lowest BCUT2D eigenvalue weighted by molar-refractivity contribution is 0.357. The van der Waals surface area contributed by atoms with E-state index in [0.29, 0.717) is 6.04 Å². The molecule has 1 aliphatic heterocycles. The SMILES string of the molecule is Cc1cccc([C@H](C)NCCc2ccc3c(c2)CCO3)c1. The summed E-state index contributed by atoms with van der Waals surface area (Å²) in [5.41, 5.74) is 5.43. The molecule has 1 atom stereocenters. The van der Waals surface area contributed by atoms with Crippen LogP contribution in [0.4, 0.5) is 0 Å². The molecule has 2 heteroatoms. The summed E-state index contributed by atoms with van der Waals surface area (Å²) in [6, 6.07) is 15.7. The summed E-state index contributed by atoms with van der Waals surface area (Å²) in [7, 11) is 0. The Balaban J connectivity index is 1.54. The Morgan fingerprint density at radius 2 is 2.10 bits per heavy atom. The summed E-state index contributed by atoms with van der Waals surface area (Å²) in [6.07, 6.45) is 2.11. The molecule has 0 spiro atoms. The zero-order valence-corrected chi connectivity index (χ0v) is 12.9. The predicted molar refractivity (Wildman–Crippen MR) is 86.9 cm³/mol. The number of ether oxygens (including phenoxy) is 1. The number of benzene rings is 2. The Morgan fingerprint density at radius 3 is 2.95 bits per heavy atom. The molecule has 2 aromatic rings. The first kappa shape index (κ1) is 14.2. The molecule has 0 radical (unpaired) electrons. The predicted octanol–water partition coefficient (Wildman–Crippen LogP) is 3.82. The number of rotatable bonds is 5. The van der Waals surface area contributed by atoms with Crippen LogP contribution in [0.3, 0.4) is 0 Å². The van der Waals surface area contributed by atoms with Gasteiger partial charge in [0, 0.05) is 12.5 Å². The highest BCUT2D eigenvalue weighted by molar-refractivity contribution is 5.39. The van der Waals surface area contributed by atoms with Crippen molar-refractivity contribution in [2.75, 3.05) is 13.2 Å². The van der Waals surface area contributed by atoms with Gasteiger partial charge in [-0.25, -0.2) is 0 Å². The topological polar surface area (TPSA) is 21.3 Å². The van der Waals surface area contributed by atoms with Crippen LogP contribution in [0.1, 0.15) is 35.2 Å². The maximum Gasteiger partial charge on any atom is 0.122 e. The number of hydrogen-bond donors (Lipinski definition) is 1. The molecule has 2 nitrogen and oxygen atoms in total. The van der Waals surface area contributed by atoms with Crippen LogP contribution in [0.15, 0.2) is 42.5 Å². The van der Waals surface area contributed by atoms with E-state index in [0.717, 1.165) is 31.7 Å². The van der Waals surface area contributed by atoms with Gasteiger partial charge in [0.2, 0.25) is 0 Å². The van der Waals surface area contributed by atoms with E-state index >= 15 is 0 Å². The van der Waals surface area contributed by atoms with Gasteiger partial charge in [-0.2, -0.15) is 0 Å². The van der Waals surface area contributed by atoms with Crippen LogP contribution in [-0.2, 0) is 12.8 Å². The fraction of sp³-hybridized carbons (Fsp3) is 0.368. The second-order valence-electron chi connectivity index (χ2n) is 5.88. The quantitative estimate of drug-likeness (QED) is 0.899. The summed E-state index contributed by atoms with van der Waals surface area (Å²) < 4.78 is 5.55. The molecule has 0 unspecified atom stereocenters. The van der Waals surface area contributed by atoms with Crippen LogP contribution < -0.4 is 10.1 Å². The van der Waals surface area contributed by atoms with E-state index in [4.69, 9.17) is 4.74 Å². The number of hydrogen-bond acceptors (Lipinski definition) is 2. The van der Waals surface area contributed by atoms with Crippen molar-refractivity contribution < 1.29 is 4.74 Å². The lowest BCUT2D eigenvalue weighted by atomic mass is 10.0. The van der Waals surface area contributed by atoms with Crippen molar-refractivity contribution in [1.82, 2.24) is 5.32 Å². The molecular formula is C19H23NO. The molecule has 2 aromatic carbocycles. The molecule has 1 heterocycles. The van der Waals surface area contributed by atoms with E-state index in [1.807, 2.05) is 0 Å². The molecule has 0 amide bonds. The lowest BCUT2D eigenvalue weighted by Gasteiger charge is -2.15. The fourth-order valence-corrected chi connectivity index (χ4v) is 2.89. The van der Waals surface area contributed by atoms with Crippen LogP contribution in [0.2, 0.25) is 0 Å².